The van der Waals surface area contributed by atoms with Crippen molar-refractivity contribution >= 4 is 21.8 Å². The third-order valence-corrected chi connectivity index (χ3v) is 5.42. The van der Waals surface area contributed by atoms with E-state index >= 15 is 0 Å². The predicted molar refractivity (Wildman–Crippen MR) is 108 cm³/mol. The molecule has 0 radical (unpaired) electrons. The minimum atomic E-state index is -0.0342. The minimum absolute atomic E-state index is 0.0342. The largest absolute Gasteiger partial charge is 0.497 e. The quantitative estimate of drug-likeness (QED) is 0.757. The van der Waals surface area contributed by atoms with Crippen LogP contribution < -0.4 is 10.1 Å². The van der Waals surface area contributed by atoms with Gasteiger partial charge in [0.05, 0.1) is 13.2 Å². The lowest BCUT2D eigenvalue weighted by Crippen LogP contribution is -2.40. The molecule has 1 N–H and O–H groups in total. The van der Waals surface area contributed by atoms with Gasteiger partial charge < -0.3 is 10.1 Å². The zero-order valence-corrected chi connectivity index (χ0v) is 16.7. The van der Waals surface area contributed by atoms with Gasteiger partial charge in [-0.25, -0.2) is 0 Å². The van der Waals surface area contributed by atoms with Gasteiger partial charge in [0, 0.05) is 16.6 Å². The first-order valence-electron chi connectivity index (χ1n) is 9.09. The summed E-state index contributed by atoms with van der Waals surface area (Å²) >= 11 is 3.40. The third-order valence-electron chi connectivity index (χ3n) is 4.89. The summed E-state index contributed by atoms with van der Waals surface area (Å²) in [6.45, 7) is 2.75. The number of methoxy groups -OCH3 is 1. The lowest BCUT2D eigenvalue weighted by atomic mass is 10.0. The molecule has 1 fully saturated rings. The van der Waals surface area contributed by atoms with Crippen LogP contribution in [0.3, 0.4) is 0 Å². The lowest BCUT2D eigenvalue weighted by molar-refractivity contribution is 0.0924. The van der Waals surface area contributed by atoms with E-state index in [1.54, 1.807) is 7.11 Å². The second-order valence-corrected chi connectivity index (χ2v) is 7.52. The van der Waals surface area contributed by atoms with Crippen LogP contribution in [0.4, 0.5) is 0 Å². The molecule has 0 aliphatic carbocycles. The molecule has 2 aromatic rings. The van der Waals surface area contributed by atoms with Crippen molar-refractivity contribution in [3.05, 3.63) is 64.1 Å². The Morgan fingerprint density at radius 2 is 1.73 bits per heavy atom. The van der Waals surface area contributed by atoms with Crippen LogP contribution >= 0.6 is 15.9 Å². The maximum Gasteiger partial charge on any atom is 0.251 e. The molecule has 1 heterocycles. The zero-order valence-electron chi connectivity index (χ0n) is 15.1. The number of amides is 1. The van der Waals surface area contributed by atoms with Crippen molar-refractivity contribution in [1.82, 2.24) is 10.2 Å². The number of nitrogens with zero attached hydrogens (tertiary/aromatic N) is 1. The van der Waals surface area contributed by atoms with E-state index in [0.717, 1.165) is 23.3 Å². The number of hydrogen-bond donors (Lipinski definition) is 1. The third kappa shape index (κ3) is 4.86. The number of benzene rings is 2. The van der Waals surface area contributed by atoms with Gasteiger partial charge in [0.15, 0.2) is 0 Å². The van der Waals surface area contributed by atoms with Crippen molar-refractivity contribution in [2.45, 2.75) is 25.3 Å². The summed E-state index contributed by atoms with van der Waals surface area (Å²) in [7, 11) is 1.68. The molecule has 2 aromatic carbocycles. The highest BCUT2D eigenvalue weighted by molar-refractivity contribution is 9.10. The standard InChI is InChI=1S/C21H25BrN2O2/c1-26-19-11-7-16(8-12-19)20(24-13-3-2-4-14-24)15-23-21(25)17-5-9-18(22)10-6-17/h5-12,20H,2-4,13-15H2,1H3,(H,23,25). The maximum atomic E-state index is 12.5. The predicted octanol–water partition coefficient (Wildman–Crippen LogP) is 4.41. The number of likely N-dealkylation sites (tertiary alicyclic amines) is 1. The monoisotopic (exact) mass is 416 g/mol. The van der Waals surface area contributed by atoms with E-state index in [1.165, 1.54) is 24.8 Å². The van der Waals surface area contributed by atoms with E-state index in [4.69, 9.17) is 4.74 Å². The van der Waals surface area contributed by atoms with Gasteiger partial charge in [-0.3, -0.25) is 9.69 Å². The Kier molecular flexibility index (Phi) is 6.69. The summed E-state index contributed by atoms with van der Waals surface area (Å²) in [4.78, 5) is 15.0. The first kappa shape index (κ1) is 18.9. The summed E-state index contributed by atoms with van der Waals surface area (Å²) in [6, 6.07) is 15.8. The molecular weight excluding hydrogens is 392 g/mol. The normalized spacial score (nSPS) is 16.1. The smallest absolute Gasteiger partial charge is 0.251 e. The fraction of sp³-hybridized carbons (Fsp3) is 0.381. The highest BCUT2D eigenvalue weighted by atomic mass is 79.9. The van der Waals surface area contributed by atoms with E-state index in [1.807, 2.05) is 36.4 Å². The van der Waals surface area contributed by atoms with E-state index in [2.05, 4.69) is 38.3 Å². The average molecular weight is 417 g/mol. The van der Waals surface area contributed by atoms with Gasteiger partial charge in [0.25, 0.3) is 5.91 Å². The Bertz CT molecular complexity index is 710. The summed E-state index contributed by atoms with van der Waals surface area (Å²) in [5.41, 5.74) is 1.89. The van der Waals surface area contributed by atoms with Crippen LogP contribution in [-0.4, -0.2) is 37.6 Å². The van der Waals surface area contributed by atoms with Crippen LogP contribution in [0.25, 0.3) is 0 Å². The molecule has 1 unspecified atom stereocenters. The molecule has 0 bridgehead atoms. The number of carbonyl (C=O) groups is 1. The Balaban J connectivity index is 1.72. The topological polar surface area (TPSA) is 41.6 Å². The molecule has 26 heavy (non-hydrogen) atoms. The first-order valence-corrected chi connectivity index (χ1v) is 9.88. The van der Waals surface area contributed by atoms with Crippen LogP contribution in [-0.2, 0) is 0 Å². The number of nitrogens with one attached hydrogen (secondary N) is 1. The lowest BCUT2D eigenvalue weighted by Gasteiger charge is -2.35. The molecule has 1 saturated heterocycles. The van der Waals surface area contributed by atoms with Crippen molar-refractivity contribution in [3.63, 3.8) is 0 Å². The summed E-state index contributed by atoms with van der Waals surface area (Å²) in [5, 5.41) is 3.12. The van der Waals surface area contributed by atoms with E-state index < -0.39 is 0 Å². The van der Waals surface area contributed by atoms with Gasteiger partial charge in [0.1, 0.15) is 5.75 Å². The number of ether oxygens (including phenoxy) is 1. The molecule has 0 aromatic heterocycles. The number of halogens is 1. The van der Waals surface area contributed by atoms with Gasteiger partial charge in [0.2, 0.25) is 0 Å². The fourth-order valence-electron chi connectivity index (χ4n) is 3.41. The second kappa shape index (κ2) is 9.19. The van der Waals surface area contributed by atoms with Crippen LogP contribution in [0.2, 0.25) is 0 Å². The van der Waals surface area contributed by atoms with Crippen molar-refractivity contribution < 1.29 is 9.53 Å². The fourth-order valence-corrected chi connectivity index (χ4v) is 3.67. The molecular formula is C21H25BrN2O2. The SMILES string of the molecule is COc1ccc(C(CNC(=O)c2ccc(Br)cc2)N2CCCCC2)cc1. The number of rotatable bonds is 6. The Hall–Kier alpha value is -1.85. The molecule has 5 heteroatoms. The zero-order chi connectivity index (χ0) is 18.4. The highest BCUT2D eigenvalue weighted by Crippen LogP contribution is 2.26. The Morgan fingerprint density at radius 1 is 1.08 bits per heavy atom. The highest BCUT2D eigenvalue weighted by Gasteiger charge is 2.23. The number of piperidine rings is 1. The van der Waals surface area contributed by atoms with Gasteiger partial charge in [-0.1, -0.05) is 34.5 Å². The molecule has 3 rings (SSSR count). The second-order valence-electron chi connectivity index (χ2n) is 6.60. The van der Waals surface area contributed by atoms with Gasteiger partial charge in [-0.05, 0) is 67.9 Å². The minimum Gasteiger partial charge on any atom is -0.497 e. The van der Waals surface area contributed by atoms with E-state index in [0.29, 0.717) is 12.1 Å². The van der Waals surface area contributed by atoms with Gasteiger partial charge in [-0.2, -0.15) is 0 Å². The van der Waals surface area contributed by atoms with E-state index in [9.17, 15) is 4.79 Å². The van der Waals surface area contributed by atoms with E-state index in [-0.39, 0.29) is 11.9 Å². The van der Waals surface area contributed by atoms with Crippen LogP contribution in [0.1, 0.15) is 41.2 Å². The molecule has 138 valence electrons. The first-order chi connectivity index (χ1) is 12.7. The molecule has 1 atom stereocenters. The number of carbonyl (C=O) groups excluding carboxylic acids is 1. The molecule has 1 amide bonds. The summed E-state index contributed by atoms with van der Waals surface area (Å²) < 4.78 is 6.24. The molecule has 1 aliphatic rings. The Labute approximate surface area is 163 Å². The van der Waals surface area contributed by atoms with Crippen molar-refractivity contribution in [2.75, 3.05) is 26.7 Å². The molecule has 0 saturated carbocycles. The molecule has 0 spiro atoms. The van der Waals surface area contributed by atoms with Crippen LogP contribution in [0.15, 0.2) is 53.0 Å². The molecule has 1 aliphatic heterocycles. The van der Waals surface area contributed by atoms with Crippen LogP contribution in [0.5, 0.6) is 5.75 Å². The average Bonchev–Trinajstić information content (AvgIpc) is 2.70. The van der Waals surface area contributed by atoms with Crippen molar-refractivity contribution in [3.8, 4) is 5.75 Å². The van der Waals surface area contributed by atoms with Crippen molar-refractivity contribution in [1.29, 1.82) is 0 Å². The number of hydrogen-bond acceptors (Lipinski definition) is 3. The van der Waals surface area contributed by atoms with Gasteiger partial charge >= 0.3 is 0 Å². The Morgan fingerprint density at radius 3 is 2.35 bits per heavy atom. The summed E-state index contributed by atoms with van der Waals surface area (Å²) in [6.07, 6.45) is 3.72. The van der Waals surface area contributed by atoms with Crippen LogP contribution in [0, 0.1) is 0 Å². The summed E-state index contributed by atoms with van der Waals surface area (Å²) in [5.74, 6) is 0.818. The maximum absolute atomic E-state index is 12.5. The molecule has 4 nitrogen and oxygen atoms in total. The van der Waals surface area contributed by atoms with Crippen molar-refractivity contribution in [2.24, 2.45) is 0 Å². The van der Waals surface area contributed by atoms with Gasteiger partial charge in [-0.15, -0.1) is 0 Å².